The van der Waals surface area contributed by atoms with Crippen molar-refractivity contribution in [3.05, 3.63) is 29.6 Å². The molecule has 24 heavy (non-hydrogen) atoms. The molecule has 2 aromatic rings. The number of carbonyl (C=O) groups is 1. The van der Waals surface area contributed by atoms with E-state index in [0.717, 1.165) is 11.1 Å². The highest BCUT2D eigenvalue weighted by Gasteiger charge is 2.38. The van der Waals surface area contributed by atoms with E-state index in [-0.39, 0.29) is 11.4 Å². The number of hydrogen-bond acceptors (Lipinski definition) is 3. The molecule has 0 bridgehead atoms. The summed E-state index contributed by atoms with van der Waals surface area (Å²) in [5.41, 5.74) is 0.818. The maximum Gasteiger partial charge on any atom is 0.449 e. The highest BCUT2D eigenvalue weighted by Crippen LogP contribution is 2.33. The maximum atomic E-state index is 13.2. The Labute approximate surface area is 138 Å². The molecule has 0 radical (unpaired) electrons. The molecule has 8 heteroatoms. The Balaban J connectivity index is 2.33. The number of hydrogen-bond donors (Lipinski definition) is 2. The summed E-state index contributed by atoms with van der Waals surface area (Å²) in [6, 6.07) is 4.03. The molecule has 1 heterocycles. The number of alkyl halides is 3. The van der Waals surface area contributed by atoms with E-state index in [4.69, 9.17) is 0 Å². The number of likely N-dealkylation sites (N-methyl/N-ethyl adjacent to an activating group) is 1. The van der Waals surface area contributed by atoms with E-state index < -0.39 is 18.0 Å². The summed E-state index contributed by atoms with van der Waals surface area (Å²) in [5.74, 6) is -1.28. The molecule has 132 valence electrons. The second kappa shape index (κ2) is 7.21. The highest BCUT2D eigenvalue weighted by atomic mass is 19.4. The Kier molecular flexibility index (Phi) is 5.48. The quantitative estimate of drug-likeness (QED) is 0.794. The molecule has 0 aliphatic carbocycles. The number of halogens is 3. The van der Waals surface area contributed by atoms with Crippen LogP contribution in [0.1, 0.15) is 43.0 Å². The van der Waals surface area contributed by atoms with Crippen LogP contribution in [0.4, 0.5) is 13.2 Å². The van der Waals surface area contributed by atoms with Crippen molar-refractivity contribution < 1.29 is 18.0 Å². The third kappa shape index (κ3) is 3.87. The van der Waals surface area contributed by atoms with E-state index in [9.17, 15) is 18.0 Å². The van der Waals surface area contributed by atoms with Gasteiger partial charge in [0.15, 0.2) is 0 Å². The van der Waals surface area contributed by atoms with Gasteiger partial charge in [0.1, 0.15) is 0 Å². The van der Waals surface area contributed by atoms with Gasteiger partial charge in [0.2, 0.25) is 5.82 Å². The molecule has 0 aliphatic heterocycles. The molecule has 2 rings (SSSR count). The summed E-state index contributed by atoms with van der Waals surface area (Å²) < 4.78 is 40.7. The Morgan fingerprint density at radius 3 is 2.58 bits per heavy atom. The van der Waals surface area contributed by atoms with Crippen LogP contribution in [0, 0.1) is 0 Å². The topological polar surface area (TPSA) is 58.9 Å². The second-order valence-corrected chi connectivity index (χ2v) is 5.71. The average Bonchev–Trinajstić information content (AvgIpc) is 2.90. The van der Waals surface area contributed by atoms with Gasteiger partial charge in [-0.2, -0.15) is 13.2 Å². The molecular weight excluding hydrogens is 321 g/mol. The summed E-state index contributed by atoms with van der Waals surface area (Å²) >= 11 is 0. The summed E-state index contributed by atoms with van der Waals surface area (Å²) in [4.78, 5) is 15.8. The summed E-state index contributed by atoms with van der Waals surface area (Å²) in [5, 5.41) is 5.78. The van der Waals surface area contributed by atoms with Gasteiger partial charge in [-0.05, 0) is 38.6 Å². The molecule has 0 fully saturated rings. The predicted octanol–water partition coefficient (Wildman–Crippen LogP) is 2.98. The van der Waals surface area contributed by atoms with E-state index >= 15 is 0 Å². The lowest BCUT2D eigenvalue weighted by atomic mass is 10.2. The van der Waals surface area contributed by atoms with Crippen molar-refractivity contribution in [3.63, 3.8) is 0 Å². The SMILES string of the molecule is CCNCCNC(=O)c1ccc2c(c1)nc(C(F)(F)F)n2C(C)C. The summed E-state index contributed by atoms with van der Waals surface area (Å²) in [6.45, 7) is 7.16. The largest absolute Gasteiger partial charge is 0.449 e. The molecule has 1 amide bonds. The third-order valence-electron chi connectivity index (χ3n) is 3.56. The molecule has 2 N–H and O–H groups in total. The van der Waals surface area contributed by atoms with Crippen LogP contribution in [-0.4, -0.2) is 35.1 Å². The lowest BCUT2D eigenvalue weighted by molar-refractivity contribution is -0.147. The van der Waals surface area contributed by atoms with Gasteiger partial charge in [-0.25, -0.2) is 4.98 Å². The molecule has 1 aromatic carbocycles. The number of aromatic nitrogens is 2. The predicted molar refractivity (Wildman–Crippen MR) is 86.0 cm³/mol. The van der Waals surface area contributed by atoms with Crippen molar-refractivity contribution in [1.29, 1.82) is 0 Å². The molecule has 0 saturated carbocycles. The van der Waals surface area contributed by atoms with Crippen molar-refractivity contribution in [2.75, 3.05) is 19.6 Å². The number of imidazole rings is 1. The second-order valence-electron chi connectivity index (χ2n) is 5.71. The van der Waals surface area contributed by atoms with E-state index in [1.54, 1.807) is 13.8 Å². The molecule has 0 aliphatic rings. The van der Waals surface area contributed by atoms with Gasteiger partial charge >= 0.3 is 6.18 Å². The molecule has 0 atom stereocenters. The number of rotatable bonds is 6. The van der Waals surface area contributed by atoms with Gasteiger partial charge in [-0.1, -0.05) is 6.92 Å². The first-order chi connectivity index (χ1) is 11.3. The molecule has 0 saturated heterocycles. The number of nitrogens with one attached hydrogen (secondary N) is 2. The third-order valence-corrected chi connectivity index (χ3v) is 3.56. The van der Waals surface area contributed by atoms with Gasteiger partial charge < -0.3 is 15.2 Å². The van der Waals surface area contributed by atoms with Crippen LogP contribution < -0.4 is 10.6 Å². The van der Waals surface area contributed by atoms with Crippen molar-refractivity contribution in [2.45, 2.75) is 33.0 Å². The highest BCUT2D eigenvalue weighted by molar-refractivity contribution is 5.97. The Morgan fingerprint density at radius 1 is 1.29 bits per heavy atom. The van der Waals surface area contributed by atoms with Gasteiger partial charge in [-0.15, -0.1) is 0 Å². The molecule has 5 nitrogen and oxygen atoms in total. The fourth-order valence-corrected chi connectivity index (χ4v) is 2.51. The number of benzene rings is 1. The number of amides is 1. The molecule has 0 unspecified atom stereocenters. The van der Waals surface area contributed by atoms with Gasteiger partial charge in [0.25, 0.3) is 5.91 Å². The zero-order valence-electron chi connectivity index (χ0n) is 13.9. The van der Waals surface area contributed by atoms with Crippen LogP contribution >= 0.6 is 0 Å². The zero-order valence-corrected chi connectivity index (χ0v) is 13.9. The van der Waals surface area contributed by atoms with Crippen LogP contribution in [0.5, 0.6) is 0 Å². The maximum absolute atomic E-state index is 13.2. The van der Waals surface area contributed by atoms with Crippen LogP contribution in [0.15, 0.2) is 18.2 Å². The summed E-state index contributed by atoms with van der Waals surface area (Å²) in [7, 11) is 0. The minimum Gasteiger partial charge on any atom is -0.351 e. The van der Waals surface area contributed by atoms with Gasteiger partial charge in [-0.3, -0.25) is 4.79 Å². The monoisotopic (exact) mass is 342 g/mol. The van der Waals surface area contributed by atoms with Crippen molar-refractivity contribution in [3.8, 4) is 0 Å². The van der Waals surface area contributed by atoms with Crippen LogP contribution in [0.3, 0.4) is 0 Å². The fraction of sp³-hybridized carbons (Fsp3) is 0.500. The number of carbonyl (C=O) groups excluding carboxylic acids is 1. The van der Waals surface area contributed by atoms with E-state index in [0.29, 0.717) is 24.2 Å². The molecular formula is C16H21F3N4O. The lowest BCUT2D eigenvalue weighted by Crippen LogP contribution is -2.31. The summed E-state index contributed by atoms with van der Waals surface area (Å²) in [6.07, 6.45) is -4.54. The van der Waals surface area contributed by atoms with Crippen molar-refractivity contribution in [1.82, 2.24) is 20.2 Å². The Morgan fingerprint density at radius 2 is 2.00 bits per heavy atom. The average molecular weight is 342 g/mol. The normalized spacial score (nSPS) is 12.1. The fourth-order valence-electron chi connectivity index (χ4n) is 2.51. The molecule has 0 spiro atoms. The van der Waals surface area contributed by atoms with Gasteiger partial charge in [0.05, 0.1) is 11.0 Å². The molecule has 1 aromatic heterocycles. The number of nitrogens with zero attached hydrogens (tertiary/aromatic N) is 2. The first-order valence-electron chi connectivity index (χ1n) is 7.83. The Bertz CT molecular complexity index is 722. The minimum absolute atomic E-state index is 0.162. The van der Waals surface area contributed by atoms with Crippen LogP contribution in [0.2, 0.25) is 0 Å². The number of fused-ring (bicyclic) bond motifs is 1. The zero-order chi connectivity index (χ0) is 17.9. The van der Waals surface area contributed by atoms with Crippen LogP contribution in [0.25, 0.3) is 11.0 Å². The smallest absolute Gasteiger partial charge is 0.351 e. The minimum atomic E-state index is -4.54. The first kappa shape index (κ1) is 18.3. The standard InChI is InChI=1S/C16H21F3N4O/c1-4-20-7-8-21-14(24)11-5-6-13-12(9-11)22-15(16(17,18)19)23(13)10(2)3/h5-6,9-10,20H,4,7-8H2,1-3H3,(H,21,24). The first-order valence-corrected chi connectivity index (χ1v) is 7.83. The van der Waals surface area contributed by atoms with Crippen LogP contribution in [-0.2, 0) is 6.18 Å². The Hall–Kier alpha value is -2.09. The van der Waals surface area contributed by atoms with E-state index in [1.165, 1.54) is 18.2 Å². The lowest BCUT2D eigenvalue weighted by Gasteiger charge is -2.14. The van der Waals surface area contributed by atoms with E-state index in [1.807, 2.05) is 6.92 Å². The van der Waals surface area contributed by atoms with E-state index in [2.05, 4.69) is 15.6 Å². The van der Waals surface area contributed by atoms with Gasteiger partial charge in [0, 0.05) is 24.7 Å². The van der Waals surface area contributed by atoms with Crippen molar-refractivity contribution in [2.24, 2.45) is 0 Å². The van der Waals surface area contributed by atoms with Crippen molar-refractivity contribution >= 4 is 16.9 Å².